The zero-order chi connectivity index (χ0) is 19.6. The van der Waals surface area contributed by atoms with Gasteiger partial charge in [-0.2, -0.15) is 4.68 Å². The summed E-state index contributed by atoms with van der Waals surface area (Å²) in [7, 11) is 0. The molecule has 0 atom stereocenters. The van der Waals surface area contributed by atoms with Crippen molar-refractivity contribution in [1.82, 2.24) is 9.78 Å². The minimum absolute atomic E-state index is 0.110. The number of carbonyl (C=O) groups is 1. The number of rotatable bonds is 6. The van der Waals surface area contributed by atoms with E-state index in [-0.39, 0.29) is 12.4 Å². The van der Waals surface area contributed by atoms with Crippen LogP contribution in [0, 0.1) is 11.6 Å². The molecule has 0 saturated heterocycles. The van der Waals surface area contributed by atoms with E-state index >= 15 is 0 Å². The number of hydrogen-bond acceptors (Lipinski definition) is 5. The maximum Gasteiger partial charge on any atom is 0.437 e. The van der Waals surface area contributed by atoms with Crippen molar-refractivity contribution in [3.63, 3.8) is 0 Å². The molecule has 1 heterocycles. The summed E-state index contributed by atoms with van der Waals surface area (Å²) in [4.78, 5) is 23.0. The van der Waals surface area contributed by atoms with Crippen LogP contribution in [0.5, 0.6) is 5.75 Å². The molecule has 0 aliphatic rings. The van der Waals surface area contributed by atoms with Crippen LogP contribution in [0.4, 0.5) is 8.78 Å². The lowest BCUT2D eigenvalue weighted by atomic mass is 10.2. The highest BCUT2D eigenvalue weighted by molar-refractivity contribution is 9.10. The molecule has 0 fully saturated rings. The van der Waals surface area contributed by atoms with E-state index < -0.39 is 41.2 Å². The fraction of sp³-hybridized carbons (Fsp3) is 0.118. The van der Waals surface area contributed by atoms with Crippen LogP contribution < -0.4 is 16.2 Å². The molecule has 1 aromatic heterocycles. The van der Waals surface area contributed by atoms with Crippen LogP contribution in [0.15, 0.2) is 50.1 Å². The highest BCUT2D eigenvalue weighted by Gasteiger charge is 2.20. The molecule has 140 valence electrons. The number of primary amides is 1. The Kier molecular flexibility index (Phi) is 5.36. The molecule has 2 N–H and O–H groups in total. The molecule has 0 aliphatic carbocycles. The van der Waals surface area contributed by atoms with Crippen LogP contribution in [-0.2, 0) is 13.2 Å². The molecule has 0 saturated carbocycles. The molecule has 1 amide bonds. The molecule has 3 aromatic rings. The number of ether oxygens (including phenoxy) is 1. The van der Waals surface area contributed by atoms with Gasteiger partial charge in [-0.1, -0.05) is 28.1 Å². The number of hydrogen-bond donors (Lipinski definition) is 1. The molecule has 10 heteroatoms. The number of amides is 1. The van der Waals surface area contributed by atoms with Crippen LogP contribution in [0.1, 0.15) is 21.8 Å². The van der Waals surface area contributed by atoms with Gasteiger partial charge in [0.15, 0.2) is 18.2 Å². The van der Waals surface area contributed by atoms with Crippen molar-refractivity contribution in [2.75, 3.05) is 0 Å². The second-order valence-electron chi connectivity index (χ2n) is 5.43. The topological polar surface area (TPSA) is 100 Å². The van der Waals surface area contributed by atoms with Gasteiger partial charge in [-0.15, -0.1) is 5.10 Å². The van der Waals surface area contributed by atoms with E-state index in [1.165, 1.54) is 0 Å². The first-order valence-corrected chi connectivity index (χ1v) is 8.36. The molecular formula is C17H12BrF2N3O4. The highest BCUT2D eigenvalue weighted by atomic mass is 79.9. The third-order valence-corrected chi connectivity index (χ3v) is 4.08. The Hall–Kier alpha value is -3.01. The predicted molar refractivity (Wildman–Crippen MR) is 93.2 cm³/mol. The van der Waals surface area contributed by atoms with Gasteiger partial charge in [-0.3, -0.25) is 4.79 Å². The van der Waals surface area contributed by atoms with Gasteiger partial charge < -0.3 is 14.9 Å². The molecule has 3 rings (SSSR count). The van der Waals surface area contributed by atoms with Crippen molar-refractivity contribution in [2.45, 2.75) is 13.2 Å². The molecule has 7 nitrogen and oxygen atoms in total. The molecule has 2 aromatic carbocycles. The molecule has 0 radical (unpaired) electrons. The normalized spacial score (nSPS) is 10.8. The first-order valence-electron chi connectivity index (χ1n) is 7.57. The van der Waals surface area contributed by atoms with Crippen molar-refractivity contribution in [3.05, 3.63) is 80.1 Å². The second-order valence-corrected chi connectivity index (χ2v) is 6.35. The Bertz CT molecular complexity index is 1050. The van der Waals surface area contributed by atoms with Gasteiger partial charge in [0, 0.05) is 4.47 Å². The fourth-order valence-electron chi connectivity index (χ4n) is 2.28. The molecule has 0 bridgehead atoms. The SMILES string of the molecule is NC(=O)c1c(F)ccc(OCc2nn(Cc3ccc(Br)cc3)c(=O)o2)c1F. The highest BCUT2D eigenvalue weighted by Crippen LogP contribution is 2.23. The van der Waals surface area contributed by atoms with E-state index in [4.69, 9.17) is 14.9 Å². The van der Waals surface area contributed by atoms with Crippen LogP contribution in [0.25, 0.3) is 0 Å². The average molecular weight is 440 g/mol. The molecular weight excluding hydrogens is 428 g/mol. The summed E-state index contributed by atoms with van der Waals surface area (Å²) in [6.45, 7) is -0.227. The predicted octanol–water partition coefficient (Wildman–Crippen LogP) is 2.60. The maximum atomic E-state index is 14.1. The van der Waals surface area contributed by atoms with E-state index in [9.17, 15) is 18.4 Å². The monoisotopic (exact) mass is 439 g/mol. The number of halogens is 3. The third kappa shape index (κ3) is 4.22. The van der Waals surface area contributed by atoms with E-state index in [0.717, 1.165) is 26.9 Å². The van der Waals surface area contributed by atoms with Gasteiger partial charge in [0.05, 0.1) is 6.54 Å². The van der Waals surface area contributed by atoms with Gasteiger partial charge in [0.25, 0.3) is 11.8 Å². The lowest BCUT2D eigenvalue weighted by Crippen LogP contribution is -2.16. The average Bonchev–Trinajstić information content (AvgIpc) is 2.95. The Morgan fingerprint density at radius 1 is 1.22 bits per heavy atom. The summed E-state index contributed by atoms with van der Waals surface area (Å²) in [6.07, 6.45) is 0. The molecule has 0 spiro atoms. The van der Waals surface area contributed by atoms with Crippen molar-refractivity contribution in [1.29, 1.82) is 0 Å². The fourth-order valence-corrected chi connectivity index (χ4v) is 2.54. The van der Waals surface area contributed by atoms with Crippen LogP contribution in [0.3, 0.4) is 0 Å². The molecule has 0 aliphatic heterocycles. The zero-order valence-corrected chi connectivity index (χ0v) is 15.2. The summed E-state index contributed by atoms with van der Waals surface area (Å²) >= 11 is 3.31. The number of nitrogens with two attached hydrogens (primary N) is 1. The zero-order valence-electron chi connectivity index (χ0n) is 13.6. The van der Waals surface area contributed by atoms with Crippen LogP contribution in [-0.4, -0.2) is 15.7 Å². The largest absolute Gasteiger partial charge is 0.481 e. The Labute approximate surface area is 159 Å². The number of aromatic nitrogens is 2. The first-order chi connectivity index (χ1) is 12.8. The minimum atomic E-state index is -1.26. The van der Waals surface area contributed by atoms with Gasteiger partial charge in [-0.05, 0) is 29.8 Å². The van der Waals surface area contributed by atoms with Crippen molar-refractivity contribution >= 4 is 21.8 Å². The van der Waals surface area contributed by atoms with Crippen LogP contribution in [0.2, 0.25) is 0 Å². The molecule has 0 unspecified atom stereocenters. The number of nitrogens with zero attached hydrogens (tertiary/aromatic N) is 2. The van der Waals surface area contributed by atoms with E-state index in [1.807, 2.05) is 12.1 Å². The van der Waals surface area contributed by atoms with Gasteiger partial charge in [-0.25, -0.2) is 13.6 Å². The first kappa shape index (κ1) is 18.8. The van der Waals surface area contributed by atoms with Crippen molar-refractivity contribution < 1.29 is 22.7 Å². The Morgan fingerprint density at radius 3 is 2.59 bits per heavy atom. The van der Waals surface area contributed by atoms with E-state index in [0.29, 0.717) is 0 Å². The third-order valence-electron chi connectivity index (χ3n) is 3.55. The summed E-state index contributed by atoms with van der Waals surface area (Å²) in [5.74, 6) is -4.84. The quantitative estimate of drug-likeness (QED) is 0.635. The Morgan fingerprint density at radius 2 is 1.93 bits per heavy atom. The van der Waals surface area contributed by atoms with Gasteiger partial charge in [0.2, 0.25) is 0 Å². The van der Waals surface area contributed by atoms with Crippen molar-refractivity contribution in [3.8, 4) is 5.75 Å². The second kappa shape index (κ2) is 7.70. The van der Waals surface area contributed by atoms with Crippen LogP contribution >= 0.6 is 15.9 Å². The Balaban J connectivity index is 1.74. The van der Waals surface area contributed by atoms with E-state index in [1.54, 1.807) is 12.1 Å². The summed E-state index contributed by atoms with van der Waals surface area (Å²) in [5, 5.41) is 3.96. The number of carbonyl (C=O) groups excluding carboxylic acids is 1. The smallest absolute Gasteiger partial charge is 0.437 e. The minimum Gasteiger partial charge on any atom is -0.481 e. The lowest BCUT2D eigenvalue weighted by molar-refractivity contribution is 0.0991. The van der Waals surface area contributed by atoms with Gasteiger partial charge in [0.1, 0.15) is 11.4 Å². The maximum absolute atomic E-state index is 14.1. The summed E-state index contributed by atoms with van der Waals surface area (Å²) in [6, 6.07) is 9.09. The lowest BCUT2D eigenvalue weighted by Gasteiger charge is -2.07. The summed E-state index contributed by atoms with van der Waals surface area (Å²) < 4.78 is 39.6. The van der Waals surface area contributed by atoms with E-state index in [2.05, 4.69) is 21.0 Å². The standard InChI is InChI=1S/C17H12BrF2N3O4/c18-10-3-1-9(2-4-10)7-23-17(25)27-13(22-23)8-26-12-6-5-11(19)14(15(12)20)16(21)24/h1-6H,7-8H2,(H2,21,24). The van der Waals surface area contributed by atoms with Gasteiger partial charge >= 0.3 is 5.76 Å². The summed E-state index contributed by atoms with van der Waals surface area (Å²) in [5.41, 5.74) is 4.85. The van der Waals surface area contributed by atoms with Crippen molar-refractivity contribution in [2.24, 2.45) is 5.73 Å². The molecule has 27 heavy (non-hydrogen) atoms. The number of benzene rings is 2.